The van der Waals surface area contributed by atoms with Gasteiger partial charge in [0.15, 0.2) is 0 Å². The van der Waals surface area contributed by atoms with Gasteiger partial charge in [0.25, 0.3) is 5.91 Å². The maximum Gasteiger partial charge on any atom is 0.255 e. The third kappa shape index (κ3) is 4.09. The van der Waals surface area contributed by atoms with Crippen LogP contribution >= 0.6 is 0 Å². The van der Waals surface area contributed by atoms with Gasteiger partial charge in [-0.25, -0.2) is 0 Å². The molecule has 2 heterocycles. The van der Waals surface area contributed by atoms with Gasteiger partial charge in [0, 0.05) is 23.4 Å². The van der Waals surface area contributed by atoms with Crippen LogP contribution in [0.5, 0.6) is 5.75 Å². The van der Waals surface area contributed by atoms with E-state index in [1.54, 1.807) is 11.0 Å². The van der Waals surface area contributed by atoms with Gasteiger partial charge < -0.3 is 20.3 Å². The molecule has 0 saturated carbocycles. The first-order chi connectivity index (χ1) is 14.6. The van der Waals surface area contributed by atoms with Crippen molar-refractivity contribution >= 4 is 11.8 Å². The third-order valence-corrected chi connectivity index (χ3v) is 5.65. The van der Waals surface area contributed by atoms with Crippen molar-refractivity contribution in [3.8, 4) is 5.75 Å². The topological polar surface area (TPSA) is 70.7 Å². The van der Waals surface area contributed by atoms with Crippen molar-refractivity contribution in [2.75, 3.05) is 6.54 Å². The molecular formula is C24H27N3O3. The Bertz CT molecular complexity index is 968. The van der Waals surface area contributed by atoms with Crippen LogP contribution in [-0.4, -0.2) is 29.3 Å². The summed E-state index contributed by atoms with van der Waals surface area (Å²) in [7, 11) is 0. The lowest BCUT2D eigenvalue weighted by molar-refractivity contribution is -0.126. The fourth-order valence-electron chi connectivity index (χ4n) is 3.96. The minimum atomic E-state index is -0.465. The van der Waals surface area contributed by atoms with E-state index in [0.717, 1.165) is 24.2 Å². The molecular weight excluding hydrogens is 378 g/mol. The Hall–Kier alpha value is -3.12. The minimum absolute atomic E-state index is 0.115. The molecule has 2 aliphatic rings. The van der Waals surface area contributed by atoms with Crippen LogP contribution in [0.15, 0.2) is 54.7 Å². The quantitative estimate of drug-likeness (QED) is 0.743. The van der Waals surface area contributed by atoms with Crippen LogP contribution < -0.4 is 15.4 Å². The van der Waals surface area contributed by atoms with Crippen molar-refractivity contribution in [3.05, 3.63) is 77.0 Å². The van der Waals surface area contributed by atoms with Gasteiger partial charge in [-0.1, -0.05) is 43.8 Å². The van der Waals surface area contributed by atoms with Crippen LogP contribution in [0, 0.1) is 0 Å². The number of rotatable bonds is 7. The van der Waals surface area contributed by atoms with Gasteiger partial charge in [-0.3, -0.25) is 9.59 Å². The van der Waals surface area contributed by atoms with E-state index in [-0.39, 0.29) is 11.8 Å². The maximum atomic E-state index is 12.9. The molecule has 2 aromatic rings. The highest BCUT2D eigenvalue weighted by molar-refractivity contribution is 6.02. The summed E-state index contributed by atoms with van der Waals surface area (Å²) in [5.74, 6) is 0.420. The molecule has 0 radical (unpaired) electrons. The van der Waals surface area contributed by atoms with Gasteiger partial charge in [-0.05, 0) is 42.6 Å². The van der Waals surface area contributed by atoms with Crippen molar-refractivity contribution in [2.24, 2.45) is 0 Å². The number of carbonyl (C=O) groups excluding carboxylic acids is 2. The molecule has 156 valence electrons. The van der Waals surface area contributed by atoms with E-state index in [0.29, 0.717) is 43.0 Å². The Morgan fingerprint density at radius 1 is 1.17 bits per heavy atom. The first kappa shape index (κ1) is 20.2. The van der Waals surface area contributed by atoms with Crippen molar-refractivity contribution in [2.45, 2.75) is 45.5 Å². The van der Waals surface area contributed by atoms with Crippen molar-refractivity contribution in [3.63, 3.8) is 0 Å². The Kier molecular flexibility index (Phi) is 5.86. The average Bonchev–Trinajstić information content (AvgIpc) is 3.08. The van der Waals surface area contributed by atoms with Crippen LogP contribution in [0.3, 0.4) is 0 Å². The number of allylic oxidation sites excluding steroid dienone is 1. The summed E-state index contributed by atoms with van der Waals surface area (Å²) in [6.45, 7) is 8.50. The number of amides is 2. The lowest BCUT2D eigenvalue weighted by atomic mass is 10.0. The summed E-state index contributed by atoms with van der Waals surface area (Å²) in [6.07, 6.45) is 1.28. The largest absolute Gasteiger partial charge is 0.489 e. The molecule has 2 amide bonds. The van der Waals surface area contributed by atoms with Crippen LogP contribution in [0.2, 0.25) is 0 Å². The number of hydrogen-bond acceptors (Lipinski definition) is 4. The highest BCUT2D eigenvalue weighted by atomic mass is 16.5. The highest BCUT2D eigenvalue weighted by Gasteiger charge is 2.39. The van der Waals surface area contributed by atoms with Crippen molar-refractivity contribution < 1.29 is 14.3 Å². The van der Waals surface area contributed by atoms with Crippen LogP contribution in [0.4, 0.5) is 0 Å². The van der Waals surface area contributed by atoms with E-state index in [2.05, 4.69) is 48.4 Å². The molecule has 6 heteroatoms. The second kappa shape index (κ2) is 8.71. The van der Waals surface area contributed by atoms with E-state index in [4.69, 9.17) is 4.74 Å². The number of piperidine rings is 1. The summed E-state index contributed by atoms with van der Waals surface area (Å²) in [6, 6.07) is 13.4. The van der Waals surface area contributed by atoms with Gasteiger partial charge in [0.1, 0.15) is 18.4 Å². The van der Waals surface area contributed by atoms with E-state index in [1.807, 2.05) is 12.1 Å². The highest BCUT2D eigenvalue weighted by Crippen LogP contribution is 2.34. The molecule has 30 heavy (non-hydrogen) atoms. The molecule has 4 rings (SSSR count). The molecule has 0 bridgehead atoms. The lowest BCUT2D eigenvalue weighted by Crippen LogP contribution is -2.49. The van der Waals surface area contributed by atoms with Gasteiger partial charge in [0.05, 0.1) is 6.54 Å². The zero-order valence-corrected chi connectivity index (χ0v) is 17.2. The van der Waals surface area contributed by atoms with Gasteiger partial charge in [-0.15, -0.1) is 0 Å². The zero-order valence-electron chi connectivity index (χ0n) is 17.2. The number of nitrogens with one attached hydrogen (secondary N) is 2. The molecule has 0 aromatic heterocycles. The smallest absolute Gasteiger partial charge is 0.255 e. The Balaban J connectivity index is 1.45. The molecule has 1 saturated heterocycles. The summed E-state index contributed by atoms with van der Waals surface area (Å²) in [5.41, 5.74) is 4.48. The van der Waals surface area contributed by atoms with Crippen LogP contribution in [-0.2, 0) is 24.5 Å². The second-order valence-corrected chi connectivity index (χ2v) is 7.75. The Labute approximate surface area is 176 Å². The van der Waals surface area contributed by atoms with E-state index >= 15 is 0 Å². The first-order valence-electron chi connectivity index (χ1n) is 10.4. The number of benzene rings is 2. The van der Waals surface area contributed by atoms with Crippen molar-refractivity contribution in [1.82, 2.24) is 15.5 Å². The standard InChI is InChI=1S/C24H27N3O3/c1-3-25-13-17-8-10-18(11-9-17)15-30-22-6-4-5-19-20(22)14-27(24(19)29)21-12-7-16(2)26-23(21)28/h4-6,8-11,21,25H,2-3,7,12-15H2,1H3,(H,26,28). The first-order valence-corrected chi connectivity index (χ1v) is 10.4. The summed E-state index contributed by atoms with van der Waals surface area (Å²) >= 11 is 0. The Morgan fingerprint density at radius 2 is 1.93 bits per heavy atom. The fraction of sp³-hybridized carbons (Fsp3) is 0.333. The van der Waals surface area contributed by atoms with Gasteiger partial charge >= 0.3 is 0 Å². The molecule has 2 aliphatic heterocycles. The minimum Gasteiger partial charge on any atom is -0.489 e. The molecule has 0 aliphatic carbocycles. The molecule has 1 fully saturated rings. The van der Waals surface area contributed by atoms with E-state index in [1.165, 1.54) is 5.56 Å². The third-order valence-electron chi connectivity index (χ3n) is 5.65. The summed E-state index contributed by atoms with van der Waals surface area (Å²) in [4.78, 5) is 27.0. The normalized spacial score (nSPS) is 18.4. The van der Waals surface area contributed by atoms with E-state index in [9.17, 15) is 9.59 Å². The summed E-state index contributed by atoms with van der Waals surface area (Å²) < 4.78 is 6.07. The number of nitrogens with zero attached hydrogens (tertiary/aromatic N) is 1. The van der Waals surface area contributed by atoms with Crippen LogP contribution in [0.25, 0.3) is 0 Å². The zero-order chi connectivity index (χ0) is 21.1. The molecule has 6 nitrogen and oxygen atoms in total. The number of carbonyl (C=O) groups is 2. The molecule has 2 N–H and O–H groups in total. The maximum absolute atomic E-state index is 12.9. The van der Waals surface area contributed by atoms with Gasteiger partial charge in [-0.2, -0.15) is 0 Å². The van der Waals surface area contributed by atoms with Crippen molar-refractivity contribution in [1.29, 1.82) is 0 Å². The fourth-order valence-corrected chi connectivity index (χ4v) is 3.96. The molecule has 1 unspecified atom stereocenters. The predicted octanol–water partition coefficient (Wildman–Crippen LogP) is 3.12. The predicted molar refractivity (Wildman–Crippen MR) is 115 cm³/mol. The molecule has 1 atom stereocenters. The lowest BCUT2D eigenvalue weighted by Gasteiger charge is -2.31. The van der Waals surface area contributed by atoms with E-state index < -0.39 is 6.04 Å². The number of ether oxygens (including phenoxy) is 1. The molecule has 0 spiro atoms. The average molecular weight is 405 g/mol. The number of fused-ring (bicyclic) bond motifs is 1. The molecule has 2 aromatic carbocycles. The SMILES string of the molecule is C=C1CCC(N2Cc3c(OCc4ccc(CNCC)cc4)cccc3C2=O)C(=O)N1. The summed E-state index contributed by atoms with van der Waals surface area (Å²) in [5, 5.41) is 6.08. The second-order valence-electron chi connectivity index (χ2n) is 7.75. The Morgan fingerprint density at radius 3 is 2.67 bits per heavy atom. The van der Waals surface area contributed by atoms with Crippen LogP contribution in [0.1, 0.15) is 46.8 Å². The monoisotopic (exact) mass is 405 g/mol. The number of hydrogen-bond donors (Lipinski definition) is 2. The van der Waals surface area contributed by atoms with Gasteiger partial charge in [0.2, 0.25) is 5.91 Å².